The van der Waals surface area contributed by atoms with E-state index in [-0.39, 0.29) is 0 Å². The highest BCUT2D eigenvalue weighted by molar-refractivity contribution is 7.89. The van der Waals surface area contributed by atoms with Gasteiger partial charge in [0.1, 0.15) is 0 Å². The lowest BCUT2D eigenvalue weighted by Gasteiger charge is -2.14. The summed E-state index contributed by atoms with van der Waals surface area (Å²) >= 11 is 0. The molecule has 3 nitrogen and oxygen atoms in total. The summed E-state index contributed by atoms with van der Waals surface area (Å²) in [6, 6.07) is 7.99. The topological polar surface area (TPSA) is 37.4 Å². The van der Waals surface area contributed by atoms with Crippen LogP contribution in [0.2, 0.25) is 0 Å². The molecule has 0 saturated carbocycles. The molecule has 0 radical (unpaired) electrons. The Morgan fingerprint density at radius 3 is 2.80 bits per heavy atom. The molecule has 1 aliphatic heterocycles. The minimum absolute atomic E-state index is 0.304. The third-order valence-corrected chi connectivity index (χ3v) is 4.55. The molecule has 0 N–H and O–H groups in total. The standard InChI is InChI=1S/C11H15NO2S/c1-10-4-2-5-11(8-10)9-12-6-3-7-15(12,13)14/h2,4-5,8H,3,6-7,9H2,1H3. The zero-order chi connectivity index (χ0) is 10.9. The van der Waals surface area contributed by atoms with Gasteiger partial charge in [0.2, 0.25) is 10.0 Å². The molecule has 0 bridgehead atoms. The Hall–Kier alpha value is -0.870. The van der Waals surface area contributed by atoms with Gasteiger partial charge in [-0.25, -0.2) is 8.42 Å². The molecule has 1 fully saturated rings. The molecule has 0 aliphatic carbocycles. The number of rotatable bonds is 2. The molecule has 1 saturated heterocycles. The van der Waals surface area contributed by atoms with Crippen LogP contribution in [0.1, 0.15) is 17.5 Å². The van der Waals surface area contributed by atoms with Gasteiger partial charge in [-0.1, -0.05) is 29.8 Å². The zero-order valence-electron chi connectivity index (χ0n) is 8.81. The Labute approximate surface area is 90.8 Å². The van der Waals surface area contributed by atoms with Crippen LogP contribution >= 0.6 is 0 Å². The number of hydrogen-bond donors (Lipinski definition) is 0. The molecule has 2 rings (SSSR count). The van der Waals surface area contributed by atoms with Gasteiger partial charge in [-0.2, -0.15) is 4.31 Å². The molecule has 15 heavy (non-hydrogen) atoms. The molecule has 0 unspecified atom stereocenters. The summed E-state index contributed by atoms with van der Waals surface area (Å²) in [6.07, 6.45) is 0.758. The quantitative estimate of drug-likeness (QED) is 0.765. The van der Waals surface area contributed by atoms with Gasteiger partial charge in [-0.05, 0) is 18.9 Å². The smallest absolute Gasteiger partial charge is 0.212 e. The summed E-state index contributed by atoms with van der Waals surface area (Å²) in [6.45, 7) is 3.20. The van der Waals surface area contributed by atoms with Crippen LogP contribution in [0.25, 0.3) is 0 Å². The first kappa shape index (κ1) is 10.6. The van der Waals surface area contributed by atoms with Gasteiger partial charge in [-0.3, -0.25) is 0 Å². The van der Waals surface area contributed by atoms with Gasteiger partial charge in [-0.15, -0.1) is 0 Å². The lowest BCUT2D eigenvalue weighted by atomic mass is 10.1. The average molecular weight is 225 g/mol. The number of sulfonamides is 1. The van der Waals surface area contributed by atoms with Gasteiger partial charge in [0, 0.05) is 13.1 Å². The van der Waals surface area contributed by atoms with E-state index in [2.05, 4.69) is 0 Å². The van der Waals surface area contributed by atoms with Crippen molar-refractivity contribution in [2.75, 3.05) is 12.3 Å². The molecule has 82 valence electrons. The maximum absolute atomic E-state index is 11.6. The van der Waals surface area contributed by atoms with E-state index in [1.54, 1.807) is 4.31 Å². The van der Waals surface area contributed by atoms with Crippen LogP contribution in [0.15, 0.2) is 24.3 Å². The number of nitrogens with zero attached hydrogens (tertiary/aromatic N) is 1. The average Bonchev–Trinajstić information content (AvgIpc) is 2.46. The van der Waals surface area contributed by atoms with Gasteiger partial charge in [0.15, 0.2) is 0 Å². The highest BCUT2D eigenvalue weighted by Crippen LogP contribution is 2.17. The summed E-state index contributed by atoms with van der Waals surface area (Å²) in [5.74, 6) is 0.304. The van der Waals surface area contributed by atoms with E-state index in [4.69, 9.17) is 0 Å². The van der Waals surface area contributed by atoms with Crippen molar-refractivity contribution in [3.05, 3.63) is 35.4 Å². The predicted molar refractivity (Wildman–Crippen MR) is 60.0 cm³/mol. The number of hydrogen-bond acceptors (Lipinski definition) is 2. The van der Waals surface area contributed by atoms with Crippen LogP contribution in [0.3, 0.4) is 0 Å². The molecule has 1 aliphatic rings. The Balaban J connectivity index is 2.16. The third kappa shape index (κ3) is 2.38. The lowest BCUT2D eigenvalue weighted by Crippen LogP contribution is -2.25. The van der Waals surface area contributed by atoms with Gasteiger partial charge in [0.05, 0.1) is 5.75 Å². The first-order valence-electron chi connectivity index (χ1n) is 5.11. The molecule has 0 atom stereocenters. The summed E-state index contributed by atoms with van der Waals surface area (Å²) < 4.78 is 24.7. The first-order valence-corrected chi connectivity index (χ1v) is 6.72. The van der Waals surface area contributed by atoms with E-state index in [1.807, 2.05) is 31.2 Å². The van der Waals surface area contributed by atoms with E-state index in [9.17, 15) is 8.42 Å². The summed E-state index contributed by atoms with van der Waals surface area (Å²) in [5.41, 5.74) is 2.24. The SMILES string of the molecule is Cc1cccc(CN2CCCS2(=O)=O)c1. The van der Waals surface area contributed by atoms with Crippen molar-refractivity contribution >= 4 is 10.0 Å². The Bertz CT molecular complexity index is 453. The fourth-order valence-corrected chi connectivity index (χ4v) is 3.39. The number of aryl methyl sites for hydroxylation is 1. The van der Waals surface area contributed by atoms with Crippen LogP contribution in [-0.4, -0.2) is 25.0 Å². The molecule has 0 aromatic heterocycles. The summed E-state index contributed by atoms with van der Waals surface area (Å²) in [7, 11) is -2.96. The van der Waals surface area contributed by atoms with Crippen molar-refractivity contribution in [2.24, 2.45) is 0 Å². The molecule has 1 heterocycles. The lowest BCUT2D eigenvalue weighted by molar-refractivity contribution is 0.439. The van der Waals surface area contributed by atoms with Crippen molar-refractivity contribution < 1.29 is 8.42 Å². The van der Waals surface area contributed by atoms with Crippen molar-refractivity contribution in [3.8, 4) is 0 Å². The predicted octanol–water partition coefficient (Wildman–Crippen LogP) is 1.53. The normalized spacial score (nSPS) is 20.6. The fourth-order valence-electron chi connectivity index (χ4n) is 1.88. The zero-order valence-corrected chi connectivity index (χ0v) is 9.63. The van der Waals surface area contributed by atoms with Crippen LogP contribution in [-0.2, 0) is 16.6 Å². The van der Waals surface area contributed by atoms with Gasteiger partial charge < -0.3 is 0 Å². The maximum Gasteiger partial charge on any atom is 0.214 e. The largest absolute Gasteiger partial charge is 0.214 e. The highest BCUT2D eigenvalue weighted by atomic mass is 32.2. The second-order valence-corrected chi connectivity index (χ2v) is 6.08. The second-order valence-electron chi connectivity index (χ2n) is 3.99. The Kier molecular flexibility index (Phi) is 2.80. The Morgan fingerprint density at radius 2 is 2.20 bits per heavy atom. The molecule has 0 spiro atoms. The van der Waals surface area contributed by atoms with Gasteiger partial charge >= 0.3 is 0 Å². The highest BCUT2D eigenvalue weighted by Gasteiger charge is 2.27. The molecular weight excluding hydrogens is 210 g/mol. The van der Waals surface area contributed by atoms with Gasteiger partial charge in [0.25, 0.3) is 0 Å². The summed E-state index contributed by atoms with van der Waals surface area (Å²) in [5, 5.41) is 0. The van der Waals surface area contributed by atoms with Crippen molar-refractivity contribution in [1.29, 1.82) is 0 Å². The van der Waals surface area contributed by atoms with Crippen molar-refractivity contribution in [2.45, 2.75) is 19.9 Å². The van der Waals surface area contributed by atoms with E-state index in [0.29, 0.717) is 18.8 Å². The van der Waals surface area contributed by atoms with Crippen molar-refractivity contribution in [3.63, 3.8) is 0 Å². The first-order chi connectivity index (χ1) is 7.08. The van der Waals surface area contributed by atoms with Crippen LogP contribution < -0.4 is 0 Å². The molecular formula is C11H15NO2S. The van der Waals surface area contributed by atoms with E-state index in [1.165, 1.54) is 5.56 Å². The van der Waals surface area contributed by atoms with Crippen LogP contribution in [0.5, 0.6) is 0 Å². The Morgan fingerprint density at radius 1 is 1.40 bits per heavy atom. The second kappa shape index (κ2) is 3.94. The monoisotopic (exact) mass is 225 g/mol. The maximum atomic E-state index is 11.6. The van der Waals surface area contributed by atoms with Crippen LogP contribution in [0, 0.1) is 6.92 Å². The van der Waals surface area contributed by atoms with E-state index >= 15 is 0 Å². The molecule has 1 aromatic carbocycles. The fraction of sp³-hybridized carbons (Fsp3) is 0.455. The van der Waals surface area contributed by atoms with E-state index < -0.39 is 10.0 Å². The third-order valence-electron chi connectivity index (χ3n) is 2.64. The van der Waals surface area contributed by atoms with Crippen molar-refractivity contribution in [1.82, 2.24) is 4.31 Å². The minimum atomic E-state index is -2.96. The molecule has 4 heteroatoms. The summed E-state index contributed by atoms with van der Waals surface area (Å²) in [4.78, 5) is 0. The molecule has 0 amide bonds. The van der Waals surface area contributed by atoms with E-state index in [0.717, 1.165) is 12.0 Å². The minimum Gasteiger partial charge on any atom is -0.212 e. The number of benzene rings is 1. The molecule has 1 aromatic rings. The van der Waals surface area contributed by atoms with Crippen LogP contribution in [0.4, 0.5) is 0 Å².